The van der Waals surface area contributed by atoms with E-state index in [-0.39, 0.29) is 0 Å². The van der Waals surface area contributed by atoms with Crippen LogP contribution in [-0.4, -0.2) is 60.0 Å². The van der Waals surface area contributed by atoms with Crippen molar-refractivity contribution in [2.45, 2.75) is 13.1 Å². The fourth-order valence-electron chi connectivity index (χ4n) is 2.97. The average molecular weight is 356 g/mol. The van der Waals surface area contributed by atoms with Crippen LogP contribution in [0.1, 0.15) is 21.6 Å². The molecular formula is C18H24N6O2. The van der Waals surface area contributed by atoms with Crippen LogP contribution >= 0.6 is 0 Å². The van der Waals surface area contributed by atoms with Crippen molar-refractivity contribution in [2.24, 2.45) is 10.7 Å². The third-order valence-corrected chi connectivity index (χ3v) is 4.45. The lowest BCUT2D eigenvalue weighted by Crippen LogP contribution is -2.52. The summed E-state index contributed by atoms with van der Waals surface area (Å²) >= 11 is 0. The van der Waals surface area contributed by atoms with Gasteiger partial charge in [0.2, 0.25) is 5.91 Å². The highest BCUT2D eigenvalue weighted by atomic mass is 16.5. The number of nitrogens with two attached hydrogens (primary N) is 1. The number of amides is 1. The van der Waals surface area contributed by atoms with Crippen LogP contribution in [0.3, 0.4) is 0 Å². The molecule has 1 aromatic heterocycles. The zero-order valence-electron chi connectivity index (χ0n) is 14.9. The van der Waals surface area contributed by atoms with Gasteiger partial charge in [0.25, 0.3) is 0 Å². The zero-order valence-corrected chi connectivity index (χ0v) is 14.9. The summed E-state index contributed by atoms with van der Waals surface area (Å²) in [5, 5.41) is 7.34. The lowest BCUT2D eigenvalue weighted by Gasteiger charge is -2.36. The van der Waals surface area contributed by atoms with Crippen molar-refractivity contribution in [2.75, 3.05) is 33.2 Å². The predicted molar refractivity (Wildman–Crippen MR) is 98.5 cm³/mol. The van der Waals surface area contributed by atoms with Gasteiger partial charge >= 0.3 is 0 Å². The van der Waals surface area contributed by atoms with Crippen LogP contribution in [0.5, 0.6) is 0 Å². The van der Waals surface area contributed by atoms with Crippen molar-refractivity contribution in [1.82, 2.24) is 20.3 Å². The Labute approximate surface area is 152 Å². The van der Waals surface area contributed by atoms with Crippen molar-refractivity contribution in [3.8, 4) is 0 Å². The number of nitrogens with zero attached hydrogens (tertiary/aromatic N) is 4. The molecule has 1 aliphatic heterocycles. The van der Waals surface area contributed by atoms with E-state index >= 15 is 0 Å². The molecule has 0 aliphatic carbocycles. The lowest BCUT2D eigenvalue weighted by molar-refractivity contribution is 0.100. The lowest BCUT2D eigenvalue weighted by atomic mass is 10.1. The Bertz CT molecular complexity index is 734. The van der Waals surface area contributed by atoms with Crippen LogP contribution < -0.4 is 11.1 Å². The van der Waals surface area contributed by atoms with E-state index in [4.69, 9.17) is 10.3 Å². The van der Waals surface area contributed by atoms with Gasteiger partial charge < -0.3 is 20.5 Å². The molecule has 26 heavy (non-hydrogen) atoms. The predicted octanol–water partition coefficient (Wildman–Crippen LogP) is 0.667. The van der Waals surface area contributed by atoms with Crippen molar-refractivity contribution in [1.29, 1.82) is 0 Å². The van der Waals surface area contributed by atoms with Crippen molar-refractivity contribution < 1.29 is 9.32 Å². The molecule has 138 valence electrons. The van der Waals surface area contributed by atoms with Gasteiger partial charge in [-0.1, -0.05) is 17.3 Å². The minimum absolute atomic E-state index is 0.413. The molecule has 2 heterocycles. The van der Waals surface area contributed by atoms with E-state index < -0.39 is 5.91 Å². The third kappa shape index (κ3) is 4.60. The van der Waals surface area contributed by atoms with Gasteiger partial charge in [-0.25, -0.2) is 0 Å². The van der Waals surface area contributed by atoms with Gasteiger partial charge in [-0.3, -0.25) is 14.7 Å². The first kappa shape index (κ1) is 17.9. The fourth-order valence-corrected chi connectivity index (χ4v) is 2.97. The number of carbonyl (C=O) groups excluding carboxylic acids is 1. The summed E-state index contributed by atoms with van der Waals surface area (Å²) in [4.78, 5) is 20.1. The molecule has 2 aromatic rings. The molecule has 0 bridgehead atoms. The van der Waals surface area contributed by atoms with E-state index in [1.54, 1.807) is 25.4 Å². The van der Waals surface area contributed by atoms with Gasteiger partial charge in [-0.2, -0.15) is 0 Å². The minimum Gasteiger partial charge on any atom is -0.366 e. The smallest absolute Gasteiger partial charge is 0.248 e. The maximum atomic E-state index is 11.1. The maximum Gasteiger partial charge on any atom is 0.248 e. The summed E-state index contributed by atoms with van der Waals surface area (Å²) in [7, 11) is 1.79. The summed E-state index contributed by atoms with van der Waals surface area (Å²) in [5.74, 6) is 0.467. The van der Waals surface area contributed by atoms with E-state index in [2.05, 4.69) is 25.3 Å². The van der Waals surface area contributed by atoms with Crippen LogP contribution in [0.4, 0.5) is 0 Å². The van der Waals surface area contributed by atoms with Crippen LogP contribution in [0, 0.1) is 0 Å². The van der Waals surface area contributed by atoms with Gasteiger partial charge in [0, 0.05) is 57.9 Å². The molecule has 0 saturated carbocycles. The molecule has 3 rings (SSSR count). The average Bonchev–Trinajstić information content (AvgIpc) is 3.17. The first-order valence-electron chi connectivity index (χ1n) is 8.61. The van der Waals surface area contributed by atoms with Crippen molar-refractivity contribution in [3.63, 3.8) is 0 Å². The molecule has 1 saturated heterocycles. The minimum atomic E-state index is -0.413. The van der Waals surface area contributed by atoms with Gasteiger partial charge in [-0.15, -0.1) is 0 Å². The molecule has 1 aliphatic rings. The summed E-state index contributed by atoms with van der Waals surface area (Å²) in [6, 6.07) is 9.18. The molecule has 8 nitrogen and oxygen atoms in total. The van der Waals surface area contributed by atoms with Crippen LogP contribution in [0.25, 0.3) is 0 Å². The highest BCUT2D eigenvalue weighted by Gasteiger charge is 2.20. The number of carbonyl (C=O) groups is 1. The number of primary amides is 1. The fraction of sp³-hybridized carbons (Fsp3) is 0.389. The number of hydrogen-bond acceptors (Lipinski definition) is 5. The second-order valence-electron chi connectivity index (χ2n) is 6.22. The Kier molecular flexibility index (Phi) is 5.85. The second kappa shape index (κ2) is 8.48. The highest BCUT2D eigenvalue weighted by molar-refractivity contribution is 5.92. The van der Waals surface area contributed by atoms with Gasteiger partial charge in [0.05, 0.1) is 5.69 Å². The molecule has 0 radical (unpaired) electrons. The van der Waals surface area contributed by atoms with Crippen LogP contribution in [-0.2, 0) is 13.1 Å². The Hall–Kier alpha value is -2.87. The first-order chi connectivity index (χ1) is 12.7. The Morgan fingerprint density at radius 3 is 2.54 bits per heavy atom. The number of nitrogens with one attached hydrogen (secondary N) is 1. The number of piperazine rings is 1. The van der Waals surface area contributed by atoms with Crippen molar-refractivity contribution >= 4 is 11.9 Å². The molecule has 1 fully saturated rings. The summed E-state index contributed by atoms with van der Waals surface area (Å²) in [5.41, 5.74) is 7.81. The molecule has 8 heteroatoms. The number of rotatable bonds is 5. The SMILES string of the molecule is CN=C(NCc1ccc(C(N)=O)cc1)N1CCN(Cc2ccon2)CC1. The van der Waals surface area contributed by atoms with Gasteiger partial charge in [0.1, 0.15) is 6.26 Å². The van der Waals surface area contributed by atoms with Crippen LogP contribution in [0.2, 0.25) is 0 Å². The highest BCUT2D eigenvalue weighted by Crippen LogP contribution is 2.08. The molecule has 3 N–H and O–H groups in total. The third-order valence-electron chi connectivity index (χ3n) is 4.45. The van der Waals surface area contributed by atoms with Crippen molar-refractivity contribution in [3.05, 3.63) is 53.4 Å². The normalized spacial score (nSPS) is 15.9. The maximum absolute atomic E-state index is 11.1. The summed E-state index contributed by atoms with van der Waals surface area (Å²) in [6.45, 7) is 5.14. The van der Waals surface area contributed by atoms with E-state index in [1.165, 1.54) is 0 Å². The quantitative estimate of drug-likeness (QED) is 0.603. The Balaban J connectivity index is 1.48. The summed E-state index contributed by atoms with van der Waals surface area (Å²) < 4.78 is 4.89. The van der Waals surface area contributed by atoms with Gasteiger partial charge in [0.15, 0.2) is 5.96 Å². The number of hydrogen-bond donors (Lipinski definition) is 2. The number of guanidine groups is 1. The molecular weight excluding hydrogens is 332 g/mol. The summed E-state index contributed by atoms with van der Waals surface area (Å²) in [6.07, 6.45) is 1.60. The number of aromatic nitrogens is 1. The number of aliphatic imine (C=N–C) groups is 1. The Morgan fingerprint density at radius 2 is 1.96 bits per heavy atom. The molecule has 0 atom stereocenters. The molecule has 0 spiro atoms. The van der Waals surface area contributed by atoms with E-state index in [0.717, 1.165) is 49.9 Å². The number of benzene rings is 1. The van der Waals surface area contributed by atoms with E-state index in [1.807, 2.05) is 18.2 Å². The molecule has 1 amide bonds. The largest absolute Gasteiger partial charge is 0.366 e. The van der Waals surface area contributed by atoms with Gasteiger partial charge in [-0.05, 0) is 17.7 Å². The first-order valence-corrected chi connectivity index (χ1v) is 8.61. The molecule has 1 aromatic carbocycles. The van der Waals surface area contributed by atoms with E-state index in [0.29, 0.717) is 12.1 Å². The van der Waals surface area contributed by atoms with Crippen LogP contribution in [0.15, 0.2) is 46.1 Å². The molecule has 0 unspecified atom stereocenters. The zero-order chi connectivity index (χ0) is 18.4. The topological polar surface area (TPSA) is 100.0 Å². The standard InChI is InChI=1S/C18H24N6O2/c1-20-18(21-12-14-2-4-15(5-3-14)17(19)25)24-9-7-23(8-10-24)13-16-6-11-26-22-16/h2-6,11H,7-10,12-13H2,1H3,(H2,19,25)(H,20,21). The second-order valence-corrected chi connectivity index (χ2v) is 6.22. The van der Waals surface area contributed by atoms with E-state index in [9.17, 15) is 4.79 Å². The Morgan fingerprint density at radius 1 is 1.23 bits per heavy atom. The monoisotopic (exact) mass is 356 g/mol.